The van der Waals surface area contributed by atoms with Gasteiger partial charge in [-0.15, -0.1) is 0 Å². The Morgan fingerprint density at radius 1 is 1.10 bits per heavy atom. The lowest BCUT2D eigenvalue weighted by Gasteiger charge is -2.29. The number of aryl methyl sites for hydroxylation is 1. The SMILES string of the molecule is CCCCC(=O)N(C)C(CC)c1nc2ccccc2c(=O)n1-c1ccc(C)cc1. The first kappa shape index (κ1) is 20.8. The fourth-order valence-corrected chi connectivity index (χ4v) is 3.62. The zero-order valence-electron chi connectivity index (χ0n) is 17.7. The van der Waals surface area contributed by atoms with Crippen LogP contribution in [0.4, 0.5) is 0 Å². The molecule has 1 amide bonds. The Labute approximate surface area is 172 Å². The standard InChI is InChI=1S/C24H29N3O2/c1-5-7-12-22(28)26(4)21(6-2)23-25-20-11-9-8-10-19(20)24(29)27(23)18-15-13-17(3)14-16-18/h8-11,13-16,21H,5-7,12H2,1-4H3. The van der Waals surface area contributed by atoms with Crippen LogP contribution >= 0.6 is 0 Å². The fraction of sp³-hybridized carbons (Fsp3) is 0.375. The molecule has 0 saturated heterocycles. The van der Waals surface area contributed by atoms with Crippen LogP contribution in [0.5, 0.6) is 0 Å². The van der Waals surface area contributed by atoms with Crippen LogP contribution < -0.4 is 5.56 Å². The van der Waals surface area contributed by atoms with Crippen molar-refractivity contribution in [3.63, 3.8) is 0 Å². The average molecular weight is 392 g/mol. The van der Waals surface area contributed by atoms with Gasteiger partial charge in [-0.2, -0.15) is 0 Å². The van der Waals surface area contributed by atoms with Gasteiger partial charge in [-0.3, -0.25) is 14.2 Å². The summed E-state index contributed by atoms with van der Waals surface area (Å²) in [7, 11) is 1.81. The highest BCUT2D eigenvalue weighted by molar-refractivity contribution is 5.78. The number of aromatic nitrogens is 2. The highest BCUT2D eigenvalue weighted by Crippen LogP contribution is 2.25. The van der Waals surface area contributed by atoms with Crippen molar-refractivity contribution in [2.45, 2.75) is 52.5 Å². The van der Waals surface area contributed by atoms with E-state index in [0.717, 1.165) is 24.1 Å². The van der Waals surface area contributed by atoms with E-state index in [1.54, 1.807) is 15.5 Å². The summed E-state index contributed by atoms with van der Waals surface area (Å²) in [5.41, 5.74) is 2.43. The largest absolute Gasteiger partial charge is 0.336 e. The monoisotopic (exact) mass is 391 g/mol. The van der Waals surface area contributed by atoms with Crippen LogP contribution in [0.1, 0.15) is 57.0 Å². The van der Waals surface area contributed by atoms with Crippen molar-refractivity contribution in [2.75, 3.05) is 7.05 Å². The van der Waals surface area contributed by atoms with E-state index >= 15 is 0 Å². The molecule has 1 heterocycles. The third-order valence-corrected chi connectivity index (χ3v) is 5.38. The normalized spacial score (nSPS) is 12.1. The predicted molar refractivity (Wildman–Crippen MR) is 117 cm³/mol. The molecule has 0 fully saturated rings. The minimum absolute atomic E-state index is 0.0802. The van der Waals surface area contributed by atoms with E-state index in [1.807, 2.05) is 63.4 Å². The molecule has 0 aliphatic heterocycles. The number of fused-ring (bicyclic) bond motifs is 1. The molecular formula is C24H29N3O2. The van der Waals surface area contributed by atoms with E-state index in [1.165, 1.54) is 0 Å². The van der Waals surface area contributed by atoms with E-state index in [0.29, 0.717) is 29.6 Å². The van der Waals surface area contributed by atoms with Gasteiger partial charge in [-0.05, 0) is 44.0 Å². The summed E-state index contributed by atoms with van der Waals surface area (Å²) in [6.45, 7) is 6.11. The van der Waals surface area contributed by atoms with Crippen LogP contribution in [0.3, 0.4) is 0 Å². The van der Waals surface area contributed by atoms with Gasteiger partial charge in [0.25, 0.3) is 5.56 Å². The molecule has 5 nitrogen and oxygen atoms in total. The Balaban J connectivity index is 2.21. The molecule has 0 spiro atoms. The van der Waals surface area contributed by atoms with Crippen molar-refractivity contribution in [3.8, 4) is 5.69 Å². The molecule has 0 bridgehead atoms. The number of para-hydroxylation sites is 1. The molecular weight excluding hydrogens is 362 g/mol. The van der Waals surface area contributed by atoms with Gasteiger partial charge in [0.2, 0.25) is 5.91 Å². The third kappa shape index (κ3) is 4.24. The Bertz CT molecular complexity index is 1050. The summed E-state index contributed by atoms with van der Waals surface area (Å²) in [6.07, 6.45) is 3.01. The van der Waals surface area contributed by atoms with Crippen molar-refractivity contribution in [1.82, 2.24) is 14.5 Å². The highest BCUT2D eigenvalue weighted by Gasteiger charge is 2.26. The molecule has 3 aromatic rings. The number of unbranched alkanes of at least 4 members (excludes halogenated alkanes) is 1. The van der Waals surface area contributed by atoms with Crippen molar-refractivity contribution in [1.29, 1.82) is 0 Å². The minimum Gasteiger partial charge on any atom is -0.336 e. The van der Waals surface area contributed by atoms with Crippen LogP contribution in [-0.2, 0) is 4.79 Å². The van der Waals surface area contributed by atoms with E-state index in [2.05, 4.69) is 6.92 Å². The third-order valence-electron chi connectivity index (χ3n) is 5.38. The molecule has 3 rings (SSSR count). The van der Waals surface area contributed by atoms with Crippen LogP contribution in [0, 0.1) is 6.92 Å². The van der Waals surface area contributed by atoms with Gasteiger partial charge in [-0.1, -0.05) is 50.1 Å². The van der Waals surface area contributed by atoms with Crippen LogP contribution in [-0.4, -0.2) is 27.4 Å². The summed E-state index contributed by atoms with van der Waals surface area (Å²) in [5, 5.41) is 0.576. The summed E-state index contributed by atoms with van der Waals surface area (Å²) in [4.78, 5) is 32.8. The molecule has 29 heavy (non-hydrogen) atoms. The van der Waals surface area contributed by atoms with E-state index in [4.69, 9.17) is 4.98 Å². The number of benzene rings is 2. The molecule has 0 radical (unpaired) electrons. The number of amides is 1. The van der Waals surface area contributed by atoms with Gasteiger partial charge in [0.05, 0.1) is 22.6 Å². The molecule has 0 aliphatic rings. The fourth-order valence-electron chi connectivity index (χ4n) is 3.62. The predicted octanol–water partition coefficient (Wildman–Crippen LogP) is 4.79. The maximum atomic E-state index is 13.4. The van der Waals surface area contributed by atoms with E-state index in [-0.39, 0.29) is 17.5 Å². The van der Waals surface area contributed by atoms with Gasteiger partial charge >= 0.3 is 0 Å². The number of hydrogen-bond acceptors (Lipinski definition) is 3. The maximum absolute atomic E-state index is 13.4. The Hall–Kier alpha value is -2.95. The Kier molecular flexibility index (Phi) is 6.47. The quantitative estimate of drug-likeness (QED) is 0.582. The number of carbonyl (C=O) groups is 1. The Morgan fingerprint density at radius 2 is 1.79 bits per heavy atom. The Morgan fingerprint density at radius 3 is 2.45 bits per heavy atom. The lowest BCUT2D eigenvalue weighted by atomic mass is 10.1. The number of rotatable bonds is 7. The zero-order chi connectivity index (χ0) is 21.0. The van der Waals surface area contributed by atoms with Gasteiger partial charge in [0.15, 0.2) is 0 Å². The van der Waals surface area contributed by atoms with E-state index in [9.17, 15) is 9.59 Å². The van der Waals surface area contributed by atoms with Crippen LogP contribution in [0.15, 0.2) is 53.3 Å². The lowest BCUT2D eigenvalue weighted by molar-refractivity contribution is -0.132. The van der Waals surface area contributed by atoms with Crippen molar-refractivity contribution < 1.29 is 4.79 Å². The molecule has 5 heteroatoms. The molecule has 0 N–H and O–H groups in total. The number of hydrogen-bond donors (Lipinski definition) is 0. The van der Waals surface area contributed by atoms with Gasteiger partial charge in [0, 0.05) is 13.5 Å². The topological polar surface area (TPSA) is 55.2 Å². The summed E-state index contributed by atoms with van der Waals surface area (Å²) >= 11 is 0. The van der Waals surface area contributed by atoms with Gasteiger partial charge in [-0.25, -0.2) is 4.98 Å². The van der Waals surface area contributed by atoms with Crippen LogP contribution in [0.25, 0.3) is 16.6 Å². The van der Waals surface area contributed by atoms with Crippen LogP contribution in [0.2, 0.25) is 0 Å². The van der Waals surface area contributed by atoms with Crippen molar-refractivity contribution in [2.24, 2.45) is 0 Å². The second-order valence-corrected chi connectivity index (χ2v) is 7.50. The molecule has 1 unspecified atom stereocenters. The smallest absolute Gasteiger partial charge is 0.266 e. The number of carbonyl (C=O) groups excluding carboxylic acids is 1. The molecule has 1 aromatic heterocycles. The highest BCUT2D eigenvalue weighted by atomic mass is 16.2. The molecule has 152 valence electrons. The summed E-state index contributed by atoms with van der Waals surface area (Å²) in [5.74, 6) is 0.684. The van der Waals surface area contributed by atoms with Gasteiger partial charge in [0.1, 0.15) is 5.82 Å². The second kappa shape index (κ2) is 9.03. The molecule has 2 aromatic carbocycles. The lowest BCUT2D eigenvalue weighted by Crippen LogP contribution is -2.35. The maximum Gasteiger partial charge on any atom is 0.266 e. The summed E-state index contributed by atoms with van der Waals surface area (Å²) in [6, 6.07) is 14.9. The van der Waals surface area contributed by atoms with Crippen molar-refractivity contribution in [3.05, 3.63) is 70.3 Å². The molecule has 1 atom stereocenters. The first-order valence-corrected chi connectivity index (χ1v) is 10.3. The zero-order valence-corrected chi connectivity index (χ0v) is 17.7. The molecule has 0 aliphatic carbocycles. The number of nitrogens with zero attached hydrogens (tertiary/aromatic N) is 3. The first-order valence-electron chi connectivity index (χ1n) is 10.3. The van der Waals surface area contributed by atoms with Crippen molar-refractivity contribution >= 4 is 16.8 Å². The average Bonchev–Trinajstić information content (AvgIpc) is 2.73. The first-order chi connectivity index (χ1) is 14.0. The minimum atomic E-state index is -0.280. The molecule has 0 saturated carbocycles. The summed E-state index contributed by atoms with van der Waals surface area (Å²) < 4.78 is 1.67. The second-order valence-electron chi connectivity index (χ2n) is 7.50. The van der Waals surface area contributed by atoms with E-state index < -0.39 is 0 Å². The van der Waals surface area contributed by atoms with Gasteiger partial charge < -0.3 is 4.90 Å².